The Balaban J connectivity index is 2.12. The van der Waals surface area contributed by atoms with Crippen molar-refractivity contribution >= 4 is 0 Å². The van der Waals surface area contributed by atoms with Crippen LogP contribution in [0.15, 0.2) is 24.3 Å². The molecule has 17 heavy (non-hydrogen) atoms. The second kappa shape index (κ2) is 5.19. The van der Waals surface area contributed by atoms with Crippen molar-refractivity contribution in [1.82, 2.24) is 5.32 Å². The Morgan fingerprint density at radius 2 is 2.29 bits per heavy atom. The molecule has 0 spiro atoms. The van der Waals surface area contributed by atoms with Crippen LogP contribution in [-0.2, 0) is 4.74 Å². The summed E-state index contributed by atoms with van der Waals surface area (Å²) in [6.07, 6.45) is 2.47. The highest BCUT2D eigenvalue weighted by atomic mass is 16.5. The maximum atomic E-state index is 6.29. The molecule has 1 aliphatic heterocycles. The summed E-state index contributed by atoms with van der Waals surface area (Å²) in [6, 6.07) is 8.63. The fraction of sp³-hybridized carbons (Fsp3) is 0.600. The zero-order chi connectivity index (χ0) is 12.3. The molecule has 2 atom stereocenters. The van der Waals surface area contributed by atoms with E-state index < -0.39 is 0 Å². The third-order valence-electron chi connectivity index (χ3n) is 3.45. The molecular weight excluding hydrogens is 210 g/mol. The fourth-order valence-corrected chi connectivity index (χ4v) is 2.63. The Labute approximate surface area is 104 Å². The molecule has 1 N–H and O–H groups in total. The van der Waals surface area contributed by atoms with Crippen LogP contribution in [0.3, 0.4) is 0 Å². The summed E-state index contributed by atoms with van der Waals surface area (Å²) in [5.41, 5.74) is 2.58. The molecule has 1 aromatic rings. The number of aryl methyl sites for hydroxylation is 1. The highest BCUT2D eigenvalue weighted by Gasteiger charge is 2.32. The maximum Gasteiger partial charge on any atom is 0.0957 e. The first-order valence-electron chi connectivity index (χ1n) is 6.58. The molecule has 0 aromatic heterocycles. The van der Waals surface area contributed by atoms with Gasteiger partial charge in [-0.05, 0) is 25.8 Å². The Hall–Kier alpha value is -0.860. The smallest absolute Gasteiger partial charge is 0.0957 e. The predicted molar refractivity (Wildman–Crippen MR) is 71.2 cm³/mol. The highest BCUT2D eigenvalue weighted by molar-refractivity contribution is 5.25. The standard InChI is InChI=1S/C15H23NO/c1-4-8-15(3)11-16-10-14(17-15)13-7-5-6-12(2)9-13/h5-7,9,14,16H,4,8,10-11H2,1-3H3. The second-order valence-corrected chi connectivity index (χ2v) is 5.35. The van der Waals surface area contributed by atoms with Gasteiger partial charge in [0.2, 0.25) is 0 Å². The molecule has 0 aliphatic carbocycles. The Kier molecular flexibility index (Phi) is 3.85. The Bertz CT molecular complexity index is 373. The molecular formula is C15H23NO. The average Bonchev–Trinajstić information content (AvgIpc) is 2.29. The van der Waals surface area contributed by atoms with Crippen molar-refractivity contribution in [2.24, 2.45) is 0 Å². The molecule has 2 nitrogen and oxygen atoms in total. The summed E-state index contributed by atoms with van der Waals surface area (Å²) < 4.78 is 6.29. The largest absolute Gasteiger partial charge is 0.365 e. The number of hydrogen-bond donors (Lipinski definition) is 1. The predicted octanol–water partition coefficient (Wildman–Crippen LogP) is 3.21. The van der Waals surface area contributed by atoms with Crippen molar-refractivity contribution in [3.63, 3.8) is 0 Å². The van der Waals surface area contributed by atoms with Crippen molar-refractivity contribution in [3.8, 4) is 0 Å². The first-order valence-corrected chi connectivity index (χ1v) is 6.58. The molecule has 2 heteroatoms. The molecule has 1 aliphatic rings. The van der Waals surface area contributed by atoms with E-state index in [-0.39, 0.29) is 11.7 Å². The van der Waals surface area contributed by atoms with E-state index >= 15 is 0 Å². The molecule has 0 radical (unpaired) electrons. The Morgan fingerprint density at radius 1 is 1.47 bits per heavy atom. The topological polar surface area (TPSA) is 21.3 Å². The van der Waals surface area contributed by atoms with Gasteiger partial charge < -0.3 is 10.1 Å². The summed E-state index contributed by atoms with van der Waals surface area (Å²) in [4.78, 5) is 0. The van der Waals surface area contributed by atoms with Gasteiger partial charge in [-0.25, -0.2) is 0 Å². The van der Waals surface area contributed by atoms with Gasteiger partial charge in [-0.15, -0.1) is 0 Å². The van der Waals surface area contributed by atoms with Crippen LogP contribution in [0.4, 0.5) is 0 Å². The Morgan fingerprint density at radius 3 is 3.00 bits per heavy atom. The maximum absolute atomic E-state index is 6.29. The number of nitrogens with one attached hydrogen (secondary N) is 1. The normalized spacial score (nSPS) is 29.2. The lowest BCUT2D eigenvalue weighted by Gasteiger charge is -2.39. The second-order valence-electron chi connectivity index (χ2n) is 5.35. The van der Waals surface area contributed by atoms with Gasteiger partial charge >= 0.3 is 0 Å². The average molecular weight is 233 g/mol. The van der Waals surface area contributed by atoms with Crippen molar-refractivity contribution < 1.29 is 4.74 Å². The van der Waals surface area contributed by atoms with E-state index in [2.05, 4.69) is 50.4 Å². The molecule has 1 saturated heterocycles. The quantitative estimate of drug-likeness (QED) is 0.865. The molecule has 2 unspecified atom stereocenters. The van der Waals surface area contributed by atoms with Gasteiger partial charge in [-0.3, -0.25) is 0 Å². The summed E-state index contributed by atoms with van der Waals surface area (Å²) in [6.45, 7) is 8.44. The van der Waals surface area contributed by atoms with Crippen LogP contribution >= 0.6 is 0 Å². The highest BCUT2D eigenvalue weighted by Crippen LogP contribution is 2.30. The van der Waals surface area contributed by atoms with Crippen LogP contribution in [-0.4, -0.2) is 18.7 Å². The minimum atomic E-state index is -0.0125. The number of morpholine rings is 1. The van der Waals surface area contributed by atoms with Crippen molar-refractivity contribution in [3.05, 3.63) is 35.4 Å². The van der Waals surface area contributed by atoms with Crippen molar-refractivity contribution in [2.75, 3.05) is 13.1 Å². The van der Waals surface area contributed by atoms with E-state index in [1.165, 1.54) is 17.5 Å². The van der Waals surface area contributed by atoms with E-state index in [0.717, 1.165) is 19.5 Å². The summed E-state index contributed by atoms with van der Waals surface area (Å²) in [5, 5.41) is 3.50. The van der Waals surface area contributed by atoms with Crippen molar-refractivity contribution in [1.29, 1.82) is 0 Å². The lowest BCUT2D eigenvalue weighted by molar-refractivity contribution is -0.112. The van der Waals surface area contributed by atoms with Crippen LogP contribution in [0.5, 0.6) is 0 Å². The molecule has 0 amide bonds. The lowest BCUT2D eigenvalue weighted by atomic mass is 9.96. The summed E-state index contributed by atoms with van der Waals surface area (Å²) >= 11 is 0. The van der Waals surface area contributed by atoms with E-state index in [4.69, 9.17) is 4.74 Å². The third kappa shape index (κ3) is 3.08. The third-order valence-corrected chi connectivity index (χ3v) is 3.45. The molecule has 2 rings (SSSR count). The van der Waals surface area contributed by atoms with Gasteiger partial charge in [0.05, 0.1) is 11.7 Å². The molecule has 1 heterocycles. The van der Waals surface area contributed by atoms with Gasteiger partial charge in [0.1, 0.15) is 0 Å². The van der Waals surface area contributed by atoms with Crippen LogP contribution in [0, 0.1) is 6.92 Å². The molecule has 1 aromatic carbocycles. The molecule has 0 bridgehead atoms. The van der Waals surface area contributed by atoms with Gasteiger partial charge in [0.15, 0.2) is 0 Å². The first-order chi connectivity index (χ1) is 8.13. The van der Waals surface area contributed by atoms with Crippen molar-refractivity contribution in [2.45, 2.75) is 45.3 Å². The summed E-state index contributed by atoms with van der Waals surface area (Å²) in [5.74, 6) is 0. The fourth-order valence-electron chi connectivity index (χ4n) is 2.63. The van der Waals surface area contributed by atoms with Gasteiger partial charge in [-0.1, -0.05) is 43.2 Å². The van der Waals surface area contributed by atoms with E-state index in [0.29, 0.717) is 0 Å². The zero-order valence-corrected chi connectivity index (χ0v) is 11.1. The zero-order valence-electron chi connectivity index (χ0n) is 11.1. The molecule has 0 saturated carbocycles. The monoisotopic (exact) mass is 233 g/mol. The molecule has 1 fully saturated rings. The van der Waals surface area contributed by atoms with Crippen LogP contribution < -0.4 is 5.32 Å². The number of benzene rings is 1. The van der Waals surface area contributed by atoms with Gasteiger partial charge in [0.25, 0.3) is 0 Å². The van der Waals surface area contributed by atoms with E-state index in [1.807, 2.05) is 0 Å². The van der Waals surface area contributed by atoms with Gasteiger partial charge in [0, 0.05) is 13.1 Å². The number of rotatable bonds is 3. The van der Waals surface area contributed by atoms with Crippen LogP contribution in [0.2, 0.25) is 0 Å². The van der Waals surface area contributed by atoms with Crippen LogP contribution in [0.1, 0.15) is 43.9 Å². The molecule has 94 valence electrons. The van der Waals surface area contributed by atoms with E-state index in [1.54, 1.807) is 0 Å². The number of hydrogen-bond acceptors (Lipinski definition) is 2. The minimum absolute atomic E-state index is 0.0125. The van der Waals surface area contributed by atoms with Crippen LogP contribution in [0.25, 0.3) is 0 Å². The lowest BCUT2D eigenvalue weighted by Crippen LogP contribution is -2.48. The summed E-state index contributed by atoms with van der Waals surface area (Å²) in [7, 11) is 0. The van der Waals surface area contributed by atoms with E-state index in [9.17, 15) is 0 Å². The van der Waals surface area contributed by atoms with Gasteiger partial charge in [-0.2, -0.15) is 0 Å². The SMILES string of the molecule is CCCC1(C)CNCC(c2cccc(C)c2)O1. The first kappa shape index (κ1) is 12.6. The minimum Gasteiger partial charge on any atom is -0.365 e. The number of ether oxygens (including phenoxy) is 1.